The van der Waals surface area contributed by atoms with Crippen LogP contribution in [0.5, 0.6) is 0 Å². The van der Waals surface area contributed by atoms with Gasteiger partial charge in [0, 0.05) is 12.8 Å². The van der Waals surface area contributed by atoms with Crippen molar-refractivity contribution in [2.45, 2.75) is 45.2 Å². The van der Waals surface area contributed by atoms with Gasteiger partial charge in [0.1, 0.15) is 5.78 Å². The van der Waals surface area contributed by atoms with Crippen molar-refractivity contribution < 1.29 is 9.69 Å². The van der Waals surface area contributed by atoms with E-state index in [1.165, 1.54) is 12.8 Å². The van der Waals surface area contributed by atoms with Gasteiger partial charge in [-0.3, -0.25) is 4.79 Å². The van der Waals surface area contributed by atoms with Crippen LogP contribution in [-0.4, -0.2) is 24.4 Å². The Balaban J connectivity index is 2.03. The first-order valence-electron chi connectivity index (χ1n) is 5.08. The molecular formula is C10H18NO+. The molecule has 2 fully saturated rings. The molecule has 1 unspecified atom stereocenters. The minimum absolute atomic E-state index is 0.300. The minimum Gasteiger partial charge on any atom is -0.329 e. The summed E-state index contributed by atoms with van der Waals surface area (Å²) < 4.78 is 0. The number of nitrogens with one attached hydrogen (secondary N) is 1. The smallest absolute Gasteiger partial charge is 0.147 e. The summed E-state index contributed by atoms with van der Waals surface area (Å²) in [5.41, 5.74) is 0. The van der Waals surface area contributed by atoms with Gasteiger partial charge in [0.15, 0.2) is 0 Å². The Kier molecular flexibility index (Phi) is 1.95. The Hall–Kier alpha value is -0.370. The van der Waals surface area contributed by atoms with Crippen LogP contribution in [0.15, 0.2) is 0 Å². The number of quaternary nitrogens is 1. The molecular weight excluding hydrogens is 150 g/mol. The van der Waals surface area contributed by atoms with Crippen molar-refractivity contribution in [1.82, 2.24) is 0 Å². The van der Waals surface area contributed by atoms with Gasteiger partial charge in [0.05, 0.1) is 31.0 Å². The Morgan fingerprint density at radius 1 is 1.33 bits per heavy atom. The lowest BCUT2D eigenvalue weighted by molar-refractivity contribution is -0.939. The normalized spacial score (nSPS) is 43.2. The number of carbonyl (C=O) groups is 1. The molecule has 0 amide bonds. The molecule has 1 aliphatic carbocycles. The van der Waals surface area contributed by atoms with Gasteiger partial charge in [0.2, 0.25) is 0 Å². The summed E-state index contributed by atoms with van der Waals surface area (Å²) in [6, 6.07) is 1.47. The maximum absolute atomic E-state index is 11.4. The fourth-order valence-corrected chi connectivity index (χ4v) is 2.35. The molecule has 2 heteroatoms. The minimum atomic E-state index is 0.300. The molecule has 0 aromatic carbocycles. The molecule has 12 heavy (non-hydrogen) atoms. The van der Waals surface area contributed by atoms with Gasteiger partial charge in [-0.1, -0.05) is 0 Å². The van der Waals surface area contributed by atoms with Gasteiger partial charge >= 0.3 is 0 Å². The third kappa shape index (κ3) is 1.28. The van der Waals surface area contributed by atoms with Gasteiger partial charge in [0.25, 0.3) is 0 Å². The van der Waals surface area contributed by atoms with Crippen LogP contribution in [0.2, 0.25) is 0 Å². The molecule has 0 bridgehead atoms. The zero-order valence-electron chi connectivity index (χ0n) is 7.97. The van der Waals surface area contributed by atoms with E-state index in [0.717, 1.165) is 19.0 Å². The number of piperidine rings is 1. The van der Waals surface area contributed by atoms with Crippen molar-refractivity contribution in [1.29, 1.82) is 0 Å². The first-order valence-corrected chi connectivity index (χ1v) is 5.08. The summed E-state index contributed by atoms with van der Waals surface area (Å²) in [4.78, 5) is 13.1. The predicted octanol–water partition coefficient (Wildman–Crippen LogP) is 0.0311. The summed E-state index contributed by atoms with van der Waals surface area (Å²) in [7, 11) is 0. The van der Waals surface area contributed by atoms with E-state index < -0.39 is 0 Å². The lowest BCUT2D eigenvalue weighted by Crippen LogP contribution is -3.18. The van der Waals surface area contributed by atoms with E-state index in [9.17, 15) is 4.79 Å². The largest absolute Gasteiger partial charge is 0.329 e. The Morgan fingerprint density at radius 3 is 2.58 bits per heavy atom. The second-order valence-electron chi connectivity index (χ2n) is 4.39. The van der Waals surface area contributed by atoms with Crippen LogP contribution >= 0.6 is 0 Å². The van der Waals surface area contributed by atoms with Gasteiger partial charge in [-0.25, -0.2) is 0 Å². The van der Waals surface area contributed by atoms with Crippen LogP contribution in [-0.2, 0) is 4.79 Å². The zero-order chi connectivity index (χ0) is 8.72. The third-order valence-electron chi connectivity index (χ3n) is 3.60. The highest BCUT2D eigenvalue weighted by atomic mass is 16.1. The maximum Gasteiger partial charge on any atom is 0.147 e. The predicted molar refractivity (Wildman–Crippen MR) is 47.1 cm³/mol. The van der Waals surface area contributed by atoms with Crippen molar-refractivity contribution in [2.24, 2.45) is 5.92 Å². The third-order valence-corrected chi connectivity index (χ3v) is 3.60. The highest BCUT2D eigenvalue weighted by Gasteiger charge is 2.42. The molecule has 1 N–H and O–H groups in total. The number of ketones is 1. The second kappa shape index (κ2) is 2.84. The SMILES string of the molecule is C[C@@H]1C(=O)CC[NH+](C2CC2)[C@@H]1C. The molecule has 0 spiro atoms. The van der Waals surface area contributed by atoms with Crippen molar-refractivity contribution in [3.8, 4) is 0 Å². The van der Waals surface area contributed by atoms with Gasteiger partial charge in [-0.2, -0.15) is 0 Å². The van der Waals surface area contributed by atoms with Crippen LogP contribution < -0.4 is 4.90 Å². The van der Waals surface area contributed by atoms with Crippen molar-refractivity contribution in [3.63, 3.8) is 0 Å². The number of likely N-dealkylation sites (tertiary alicyclic amines) is 1. The van der Waals surface area contributed by atoms with Crippen LogP contribution in [0, 0.1) is 5.92 Å². The number of rotatable bonds is 1. The number of carbonyl (C=O) groups excluding carboxylic acids is 1. The number of hydrogen-bond donors (Lipinski definition) is 1. The lowest BCUT2D eigenvalue weighted by Gasteiger charge is -2.33. The lowest BCUT2D eigenvalue weighted by atomic mass is 9.90. The van der Waals surface area contributed by atoms with E-state index in [2.05, 4.69) is 13.8 Å². The number of hydrogen-bond acceptors (Lipinski definition) is 1. The van der Waals surface area contributed by atoms with Gasteiger partial charge in [-0.15, -0.1) is 0 Å². The Morgan fingerprint density at radius 2 is 2.00 bits per heavy atom. The summed E-state index contributed by atoms with van der Waals surface area (Å²) in [6.07, 6.45) is 3.60. The molecule has 3 atom stereocenters. The van der Waals surface area contributed by atoms with Gasteiger partial charge in [-0.05, 0) is 13.8 Å². The van der Waals surface area contributed by atoms with Crippen molar-refractivity contribution in [3.05, 3.63) is 0 Å². The van der Waals surface area contributed by atoms with E-state index in [-0.39, 0.29) is 0 Å². The molecule has 0 aromatic heterocycles. The zero-order valence-corrected chi connectivity index (χ0v) is 7.97. The highest BCUT2D eigenvalue weighted by molar-refractivity contribution is 5.81. The maximum atomic E-state index is 11.4. The quantitative estimate of drug-likeness (QED) is 0.586. The Bertz CT molecular complexity index is 198. The Labute approximate surface area is 73.9 Å². The molecule has 1 aliphatic heterocycles. The molecule has 2 rings (SSSR count). The average Bonchev–Trinajstić information content (AvgIpc) is 2.84. The van der Waals surface area contributed by atoms with Crippen molar-refractivity contribution in [2.75, 3.05) is 6.54 Å². The summed E-state index contributed by atoms with van der Waals surface area (Å²) in [5, 5.41) is 0. The number of Topliss-reactive ketones (excluding diaryl/α,β-unsaturated/α-hetero) is 1. The fraction of sp³-hybridized carbons (Fsp3) is 0.900. The molecule has 2 aliphatic rings. The monoisotopic (exact) mass is 168 g/mol. The van der Waals surface area contributed by atoms with Crippen LogP contribution in [0.3, 0.4) is 0 Å². The molecule has 1 saturated carbocycles. The molecule has 1 heterocycles. The topological polar surface area (TPSA) is 21.5 Å². The van der Waals surface area contributed by atoms with E-state index >= 15 is 0 Å². The van der Waals surface area contributed by atoms with E-state index in [1.54, 1.807) is 4.90 Å². The molecule has 68 valence electrons. The molecule has 1 saturated heterocycles. The first-order chi connectivity index (χ1) is 5.70. The summed E-state index contributed by atoms with van der Waals surface area (Å²) in [5.74, 6) is 0.779. The fourth-order valence-electron chi connectivity index (χ4n) is 2.35. The highest BCUT2D eigenvalue weighted by Crippen LogP contribution is 2.19. The standard InChI is InChI=1S/C10H17NO/c1-7-8(2)11(9-3-4-9)6-5-10(7)12/h7-9H,3-6H2,1-2H3/p+1/t7-,8+/m0/s1. The van der Waals surface area contributed by atoms with Crippen LogP contribution in [0.4, 0.5) is 0 Å². The second-order valence-corrected chi connectivity index (χ2v) is 4.39. The van der Waals surface area contributed by atoms with E-state index in [1.807, 2.05) is 0 Å². The van der Waals surface area contributed by atoms with Crippen LogP contribution in [0.1, 0.15) is 33.1 Å². The summed E-state index contributed by atoms with van der Waals surface area (Å²) in [6.45, 7) is 5.42. The molecule has 0 radical (unpaired) electrons. The van der Waals surface area contributed by atoms with Gasteiger partial charge < -0.3 is 4.90 Å². The molecule has 2 nitrogen and oxygen atoms in total. The first kappa shape index (κ1) is 8.24. The van der Waals surface area contributed by atoms with Crippen molar-refractivity contribution >= 4 is 5.78 Å². The molecule has 0 aromatic rings. The van der Waals surface area contributed by atoms with Crippen LogP contribution in [0.25, 0.3) is 0 Å². The van der Waals surface area contributed by atoms with E-state index in [4.69, 9.17) is 0 Å². The average molecular weight is 168 g/mol. The van der Waals surface area contributed by atoms with E-state index in [0.29, 0.717) is 17.7 Å². The summed E-state index contributed by atoms with van der Waals surface area (Å²) >= 11 is 0.